The van der Waals surface area contributed by atoms with E-state index in [9.17, 15) is 0 Å². The normalized spacial score (nSPS) is 20.1. The number of hydrogen-bond acceptors (Lipinski definition) is 3. The minimum atomic E-state index is 0.225. The highest BCUT2D eigenvalue weighted by atomic mass is 15.3. The van der Waals surface area contributed by atoms with Crippen LogP contribution in [0.5, 0.6) is 0 Å². The van der Waals surface area contributed by atoms with Gasteiger partial charge in [-0.05, 0) is 24.2 Å². The quantitative estimate of drug-likeness (QED) is 0.823. The number of nitrogens with two attached hydrogens (primary N) is 1. The molecule has 1 saturated carbocycles. The van der Waals surface area contributed by atoms with Gasteiger partial charge in [-0.3, -0.25) is 0 Å². The van der Waals surface area contributed by atoms with Gasteiger partial charge in [-0.1, -0.05) is 20.8 Å². The van der Waals surface area contributed by atoms with E-state index in [4.69, 9.17) is 5.73 Å². The Balaban J connectivity index is 2.01. The Hall–Kier alpha value is -0.900. The zero-order valence-electron chi connectivity index (χ0n) is 10.5. The highest BCUT2D eigenvalue weighted by molar-refractivity contribution is 5.02. The van der Waals surface area contributed by atoms with Gasteiger partial charge in [0.05, 0.1) is 0 Å². The van der Waals surface area contributed by atoms with Crippen LogP contribution in [0, 0.1) is 11.3 Å². The van der Waals surface area contributed by atoms with Crippen LogP contribution >= 0.6 is 0 Å². The molecule has 16 heavy (non-hydrogen) atoms. The van der Waals surface area contributed by atoms with E-state index < -0.39 is 0 Å². The maximum Gasteiger partial charge on any atom is 0.138 e. The average molecular weight is 222 g/mol. The predicted octanol–water partition coefficient (Wildman–Crippen LogP) is 1.60. The molecule has 0 bridgehead atoms. The second-order valence-corrected chi connectivity index (χ2v) is 5.72. The summed E-state index contributed by atoms with van der Waals surface area (Å²) in [5.41, 5.74) is 6.58. The van der Waals surface area contributed by atoms with E-state index in [-0.39, 0.29) is 6.04 Å². The third-order valence-corrected chi connectivity index (χ3v) is 3.57. The van der Waals surface area contributed by atoms with Crippen molar-refractivity contribution in [2.45, 2.75) is 52.6 Å². The maximum atomic E-state index is 6.22. The lowest BCUT2D eigenvalue weighted by Gasteiger charge is -2.18. The molecule has 1 heterocycles. The first kappa shape index (κ1) is 11.6. The van der Waals surface area contributed by atoms with E-state index in [1.807, 2.05) is 4.68 Å². The van der Waals surface area contributed by atoms with Gasteiger partial charge < -0.3 is 5.73 Å². The second-order valence-electron chi connectivity index (χ2n) is 5.72. The minimum Gasteiger partial charge on any atom is -0.327 e. The van der Waals surface area contributed by atoms with Crippen LogP contribution in [0.2, 0.25) is 0 Å². The SMILES string of the molecule is CC(C)Cn1ncnc1CC(N)C1(C)CC1. The molecule has 1 atom stereocenters. The minimum absolute atomic E-state index is 0.225. The zero-order valence-corrected chi connectivity index (χ0v) is 10.5. The fourth-order valence-corrected chi connectivity index (χ4v) is 1.96. The summed E-state index contributed by atoms with van der Waals surface area (Å²) in [5.74, 6) is 1.63. The Labute approximate surface area is 97.2 Å². The molecular weight excluding hydrogens is 200 g/mol. The van der Waals surface area contributed by atoms with Crippen molar-refractivity contribution >= 4 is 0 Å². The fourth-order valence-electron chi connectivity index (χ4n) is 1.96. The van der Waals surface area contributed by atoms with Crippen molar-refractivity contribution in [2.24, 2.45) is 17.1 Å². The average Bonchev–Trinajstić information content (AvgIpc) is 2.81. The molecule has 0 radical (unpaired) electrons. The van der Waals surface area contributed by atoms with Gasteiger partial charge in [0, 0.05) is 19.0 Å². The summed E-state index contributed by atoms with van der Waals surface area (Å²) >= 11 is 0. The predicted molar refractivity (Wildman–Crippen MR) is 63.9 cm³/mol. The van der Waals surface area contributed by atoms with Gasteiger partial charge in [-0.2, -0.15) is 5.10 Å². The number of hydrogen-bond donors (Lipinski definition) is 1. The third-order valence-electron chi connectivity index (χ3n) is 3.57. The first-order valence-electron chi connectivity index (χ1n) is 6.13. The molecule has 1 aromatic rings. The van der Waals surface area contributed by atoms with Gasteiger partial charge in [0.15, 0.2) is 0 Å². The Bertz CT molecular complexity index is 352. The van der Waals surface area contributed by atoms with E-state index in [1.165, 1.54) is 12.8 Å². The van der Waals surface area contributed by atoms with Gasteiger partial charge in [0.2, 0.25) is 0 Å². The maximum absolute atomic E-state index is 6.22. The summed E-state index contributed by atoms with van der Waals surface area (Å²) in [6.45, 7) is 7.57. The van der Waals surface area contributed by atoms with Crippen molar-refractivity contribution in [3.63, 3.8) is 0 Å². The van der Waals surface area contributed by atoms with Gasteiger partial charge in [0.25, 0.3) is 0 Å². The number of nitrogens with zero attached hydrogens (tertiary/aromatic N) is 3. The fraction of sp³-hybridized carbons (Fsp3) is 0.833. The first-order chi connectivity index (χ1) is 7.51. The van der Waals surface area contributed by atoms with Crippen molar-refractivity contribution in [3.8, 4) is 0 Å². The van der Waals surface area contributed by atoms with Crippen LogP contribution in [0.4, 0.5) is 0 Å². The van der Waals surface area contributed by atoms with E-state index in [0.29, 0.717) is 11.3 Å². The van der Waals surface area contributed by atoms with Crippen LogP contribution in [0.15, 0.2) is 6.33 Å². The molecule has 0 aromatic carbocycles. The molecule has 90 valence electrons. The van der Waals surface area contributed by atoms with Gasteiger partial charge in [-0.15, -0.1) is 0 Å². The van der Waals surface area contributed by atoms with Crippen molar-refractivity contribution in [1.29, 1.82) is 0 Å². The standard InChI is InChI=1S/C12H22N4/c1-9(2)7-16-11(14-8-15-16)6-10(13)12(3)4-5-12/h8-10H,4-7,13H2,1-3H3. The number of aromatic nitrogens is 3. The molecule has 0 aliphatic heterocycles. The summed E-state index contributed by atoms with van der Waals surface area (Å²) in [6.07, 6.45) is 5.00. The summed E-state index contributed by atoms with van der Waals surface area (Å²) in [7, 11) is 0. The Morgan fingerprint density at radius 3 is 2.75 bits per heavy atom. The Kier molecular flexibility index (Phi) is 3.02. The van der Waals surface area contributed by atoms with E-state index in [0.717, 1.165) is 18.8 Å². The Morgan fingerprint density at radius 2 is 2.19 bits per heavy atom. The molecule has 1 aliphatic carbocycles. The van der Waals surface area contributed by atoms with Crippen LogP contribution in [0.3, 0.4) is 0 Å². The lowest BCUT2D eigenvalue weighted by molar-refractivity contribution is 0.403. The highest BCUT2D eigenvalue weighted by Crippen LogP contribution is 2.47. The summed E-state index contributed by atoms with van der Waals surface area (Å²) in [4.78, 5) is 4.32. The van der Waals surface area contributed by atoms with Gasteiger partial charge >= 0.3 is 0 Å². The van der Waals surface area contributed by atoms with Crippen molar-refractivity contribution in [3.05, 3.63) is 12.2 Å². The lowest BCUT2D eigenvalue weighted by atomic mass is 9.96. The van der Waals surface area contributed by atoms with Crippen LogP contribution in [-0.4, -0.2) is 20.8 Å². The third kappa shape index (κ3) is 2.43. The molecule has 1 aliphatic rings. The molecule has 0 saturated heterocycles. The van der Waals surface area contributed by atoms with Crippen LogP contribution in [-0.2, 0) is 13.0 Å². The summed E-state index contributed by atoms with van der Waals surface area (Å²) in [5, 5.41) is 4.26. The van der Waals surface area contributed by atoms with Crippen LogP contribution in [0.25, 0.3) is 0 Å². The second kappa shape index (κ2) is 4.17. The highest BCUT2D eigenvalue weighted by Gasteiger charge is 2.43. The van der Waals surface area contributed by atoms with Crippen molar-refractivity contribution in [1.82, 2.24) is 14.8 Å². The molecule has 0 spiro atoms. The summed E-state index contributed by atoms with van der Waals surface area (Å²) < 4.78 is 2.00. The Morgan fingerprint density at radius 1 is 1.50 bits per heavy atom. The largest absolute Gasteiger partial charge is 0.327 e. The van der Waals surface area contributed by atoms with Crippen molar-refractivity contribution in [2.75, 3.05) is 0 Å². The van der Waals surface area contributed by atoms with Crippen molar-refractivity contribution < 1.29 is 0 Å². The number of rotatable bonds is 5. The van der Waals surface area contributed by atoms with Crippen LogP contribution < -0.4 is 5.73 Å². The zero-order chi connectivity index (χ0) is 11.8. The van der Waals surface area contributed by atoms with E-state index in [2.05, 4.69) is 30.9 Å². The van der Waals surface area contributed by atoms with Gasteiger partial charge in [0.1, 0.15) is 12.2 Å². The topological polar surface area (TPSA) is 56.7 Å². The molecule has 0 amide bonds. The molecule has 2 rings (SSSR count). The van der Waals surface area contributed by atoms with E-state index in [1.54, 1.807) is 6.33 Å². The monoisotopic (exact) mass is 222 g/mol. The molecule has 2 N–H and O–H groups in total. The molecular formula is C12H22N4. The van der Waals surface area contributed by atoms with E-state index >= 15 is 0 Å². The molecule has 1 aromatic heterocycles. The molecule has 1 unspecified atom stereocenters. The first-order valence-corrected chi connectivity index (χ1v) is 6.13. The van der Waals surface area contributed by atoms with Gasteiger partial charge in [-0.25, -0.2) is 9.67 Å². The molecule has 4 nitrogen and oxygen atoms in total. The molecule has 4 heteroatoms. The smallest absolute Gasteiger partial charge is 0.138 e. The summed E-state index contributed by atoms with van der Waals surface area (Å²) in [6, 6.07) is 0.225. The lowest BCUT2D eigenvalue weighted by Crippen LogP contribution is -2.33. The van der Waals surface area contributed by atoms with Crippen LogP contribution in [0.1, 0.15) is 39.4 Å². The molecule has 1 fully saturated rings.